The minimum absolute atomic E-state index is 0.160. The van der Waals surface area contributed by atoms with Crippen molar-refractivity contribution in [2.45, 2.75) is 18.9 Å². The fraction of sp³-hybridized carbons (Fsp3) is 0.500. The lowest BCUT2D eigenvalue weighted by molar-refractivity contribution is 0.166. The van der Waals surface area contributed by atoms with Gasteiger partial charge < -0.3 is 10.1 Å². The van der Waals surface area contributed by atoms with E-state index in [1.54, 1.807) is 13.2 Å². The molecule has 1 aromatic carbocycles. The predicted octanol–water partition coefficient (Wildman–Crippen LogP) is 2.13. The molecule has 4 heteroatoms. The average molecular weight is 229 g/mol. The van der Waals surface area contributed by atoms with Gasteiger partial charge in [-0.05, 0) is 31.5 Å². The highest BCUT2D eigenvalue weighted by atomic mass is 19.2. The molecule has 90 valence electrons. The van der Waals surface area contributed by atoms with Crippen LogP contribution in [0.4, 0.5) is 8.78 Å². The zero-order valence-corrected chi connectivity index (χ0v) is 9.59. The minimum atomic E-state index is -0.787. The van der Waals surface area contributed by atoms with Gasteiger partial charge in [-0.15, -0.1) is 0 Å². The first-order chi connectivity index (χ1) is 7.69. The lowest BCUT2D eigenvalue weighted by Gasteiger charge is -2.15. The van der Waals surface area contributed by atoms with E-state index in [0.29, 0.717) is 25.0 Å². The molecule has 0 saturated carbocycles. The van der Waals surface area contributed by atoms with Gasteiger partial charge in [0, 0.05) is 13.2 Å². The van der Waals surface area contributed by atoms with Gasteiger partial charge in [0.25, 0.3) is 0 Å². The molecule has 0 amide bonds. The highest BCUT2D eigenvalue weighted by molar-refractivity contribution is 5.19. The molecule has 16 heavy (non-hydrogen) atoms. The average Bonchev–Trinajstić information content (AvgIpc) is 2.29. The number of methoxy groups -OCH3 is 1. The van der Waals surface area contributed by atoms with Crippen LogP contribution in [0.3, 0.4) is 0 Å². The van der Waals surface area contributed by atoms with Crippen molar-refractivity contribution in [3.8, 4) is 0 Å². The second-order valence-electron chi connectivity index (χ2n) is 3.69. The molecule has 0 aliphatic rings. The maximum Gasteiger partial charge on any atom is 0.162 e. The van der Waals surface area contributed by atoms with Crippen LogP contribution in [0.25, 0.3) is 0 Å². The Labute approximate surface area is 94.6 Å². The SMILES string of the molecule is CNC(CCc1cccc(F)c1F)COC. The van der Waals surface area contributed by atoms with E-state index in [2.05, 4.69) is 5.32 Å². The van der Waals surface area contributed by atoms with Crippen molar-refractivity contribution >= 4 is 0 Å². The molecule has 0 aliphatic carbocycles. The fourth-order valence-electron chi connectivity index (χ4n) is 1.58. The molecule has 0 aromatic heterocycles. The highest BCUT2D eigenvalue weighted by Crippen LogP contribution is 2.13. The number of likely N-dealkylation sites (N-methyl/N-ethyl adjacent to an activating group) is 1. The Morgan fingerprint density at radius 2 is 2.12 bits per heavy atom. The zero-order valence-electron chi connectivity index (χ0n) is 9.59. The highest BCUT2D eigenvalue weighted by Gasteiger charge is 2.10. The molecule has 0 fully saturated rings. The summed E-state index contributed by atoms with van der Waals surface area (Å²) in [5, 5.41) is 3.07. The number of aryl methyl sites for hydroxylation is 1. The van der Waals surface area contributed by atoms with Crippen LogP contribution in [0.1, 0.15) is 12.0 Å². The second kappa shape index (κ2) is 6.55. The third kappa shape index (κ3) is 3.54. The number of nitrogens with one attached hydrogen (secondary N) is 1. The van der Waals surface area contributed by atoms with Crippen molar-refractivity contribution in [3.63, 3.8) is 0 Å². The number of benzene rings is 1. The Morgan fingerprint density at radius 1 is 1.38 bits per heavy atom. The van der Waals surface area contributed by atoms with Crippen LogP contribution in [0.2, 0.25) is 0 Å². The molecule has 1 atom stereocenters. The molecule has 2 nitrogen and oxygen atoms in total. The van der Waals surface area contributed by atoms with Crippen LogP contribution >= 0.6 is 0 Å². The summed E-state index contributed by atoms with van der Waals surface area (Å²) < 4.78 is 31.2. The van der Waals surface area contributed by atoms with E-state index in [-0.39, 0.29) is 6.04 Å². The number of hydrogen-bond acceptors (Lipinski definition) is 2. The molecule has 1 aromatic rings. The van der Waals surface area contributed by atoms with E-state index in [0.717, 1.165) is 6.07 Å². The summed E-state index contributed by atoms with van der Waals surface area (Å²) in [5.41, 5.74) is 0.413. The summed E-state index contributed by atoms with van der Waals surface area (Å²) >= 11 is 0. The summed E-state index contributed by atoms with van der Waals surface area (Å²) in [5.74, 6) is -1.53. The Balaban J connectivity index is 2.56. The maximum absolute atomic E-state index is 13.3. The second-order valence-corrected chi connectivity index (χ2v) is 3.69. The largest absolute Gasteiger partial charge is 0.383 e. The van der Waals surface area contributed by atoms with Gasteiger partial charge in [0.05, 0.1) is 6.61 Å². The molecular formula is C12H17F2NO. The van der Waals surface area contributed by atoms with Crippen molar-refractivity contribution in [2.24, 2.45) is 0 Å². The van der Waals surface area contributed by atoms with Gasteiger partial charge in [-0.2, -0.15) is 0 Å². The van der Waals surface area contributed by atoms with Gasteiger partial charge in [0.15, 0.2) is 11.6 Å². The minimum Gasteiger partial charge on any atom is -0.383 e. The van der Waals surface area contributed by atoms with E-state index in [1.807, 2.05) is 7.05 Å². The third-order valence-electron chi connectivity index (χ3n) is 2.57. The monoisotopic (exact) mass is 229 g/mol. The molecule has 1 unspecified atom stereocenters. The van der Waals surface area contributed by atoms with Crippen LogP contribution in [-0.2, 0) is 11.2 Å². The molecule has 0 bridgehead atoms. The molecule has 0 heterocycles. The van der Waals surface area contributed by atoms with Gasteiger partial charge in [0.2, 0.25) is 0 Å². The molecule has 0 spiro atoms. The first-order valence-electron chi connectivity index (χ1n) is 5.28. The summed E-state index contributed by atoms with van der Waals surface area (Å²) in [7, 11) is 3.44. The van der Waals surface area contributed by atoms with Crippen LogP contribution in [-0.4, -0.2) is 26.8 Å². The van der Waals surface area contributed by atoms with E-state index >= 15 is 0 Å². The topological polar surface area (TPSA) is 21.3 Å². The smallest absolute Gasteiger partial charge is 0.162 e. The lowest BCUT2D eigenvalue weighted by Crippen LogP contribution is -2.30. The molecule has 0 saturated heterocycles. The number of hydrogen-bond donors (Lipinski definition) is 1. The summed E-state index contributed by atoms with van der Waals surface area (Å²) in [6.07, 6.45) is 1.21. The maximum atomic E-state index is 13.3. The Bertz CT molecular complexity index is 331. The Morgan fingerprint density at radius 3 is 2.75 bits per heavy atom. The predicted molar refractivity (Wildman–Crippen MR) is 59.4 cm³/mol. The Hall–Kier alpha value is -1.00. The molecule has 1 N–H and O–H groups in total. The summed E-state index contributed by atoms with van der Waals surface area (Å²) in [6.45, 7) is 0.563. The van der Waals surface area contributed by atoms with Gasteiger partial charge in [0.1, 0.15) is 0 Å². The van der Waals surface area contributed by atoms with Gasteiger partial charge >= 0.3 is 0 Å². The van der Waals surface area contributed by atoms with Gasteiger partial charge in [-0.3, -0.25) is 0 Å². The van der Waals surface area contributed by atoms with Gasteiger partial charge in [-0.1, -0.05) is 12.1 Å². The number of ether oxygens (including phenoxy) is 1. The quantitative estimate of drug-likeness (QED) is 0.807. The summed E-state index contributed by atoms with van der Waals surface area (Å²) in [6, 6.07) is 4.42. The van der Waals surface area contributed by atoms with Crippen LogP contribution < -0.4 is 5.32 Å². The number of halogens is 2. The van der Waals surface area contributed by atoms with E-state index < -0.39 is 11.6 Å². The number of rotatable bonds is 6. The molecule has 0 radical (unpaired) electrons. The Kier molecular flexibility index (Phi) is 5.35. The molecule has 1 rings (SSSR count). The first kappa shape index (κ1) is 13.1. The van der Waals surface area contributed by atoms with Gasteiger partial charge in [-0.25, -0.2) is 8.78 Å². The van der Waals surface area contributed by atoms with Crippen molar-refractivity contribution in [3.05, 3.63) is 35.4 Å². The van der Waals surface area contributed by atoms with E-state index in [9.17, 15) is 8.78 Å². The third-order valence-corrected chi connectivity index (χ3v) is 2.57. The van der Waals surface area contributed by atoms with Crippen molar-refractivity contribution in [1.29, 1.82) is 0 Å². The van der Waals surface area contributed by atoms with Crippen LogP contribution in [0.5, 0.6) is 0 Å². The normalized spacial score (nSPS) is 12.8. The van der Waals surface area contributed by atoms with E-state index in [1.165, 1.54) is 6.07 Å². The zero-order chi connectivity index (χ0) is 12.0. The van der Waals surface area contributed by atoms with Crippen LogP contribution in [0.15, 0.2) is 18.2 Å². The molecule has 0 aliphatic heterocycles. The summed E-state index contributed by atoms with van der Waals surface area (Å²) in [4.78, 5) is 0. The van der Waals surface area contributed by atoms with Crippen molar-refractivity contribution < 1.29 is 13.5 Å². The molecular weight excluding hydrogens is 212 g/mol. The van der Waals surface area contributed by atoms with Crippen LogP contribution in [0, 0.1) is 11.6 Å². The van der Waals surface area contributed by atoms with Crippen molar-refractivity contribution in [1.82, 2.24) is 5.32 Å². The van der Waals surface area contributed by atoms with Crippen molar-refractivity contribution in [2.75, 3.05) is 20.8 Å². The van der Waals surface area contributed by atoms with E-state index in [4.69, 9.17) is 4.74 Å². The fourth-order valence-corrected chi connectivity index (χ4v) is 1.58. The standard InChI is InChI=1S/C12H17F2NO/c1-15-10(8-16-2)7-6-9-4-3-5-11(13)12(9)14/h3-5,10,15H,6-8H2,1-2H3. The first-order valence-corrected chi connectivity index (χ1v) is 5.28. The lowest BCUT2D eigenvalue weighted by atomic mass is 10.1.